The Morgan fingerprint density at radius 2 is 2.03 bits per heavy atom. The summed E-state index contributed by atoms with van der Waals surface area (Å²) in [7, 11) is 0. The molecule has 12 heteroatoms. The third kappa shape index (κ3) is 4.59. The van der Waals surface area contributed by atoms with Gasteiger partial charge in [0.25, 0.3) is 5.91 Å². The molecule has 0 aliphatic carbocycles. The van der Waals surface area contributed by atoms with Gasteiger partial charge in [-0.05, 0) is 50.6 Å². The van der Waals surface area contributed by atoms with E-state index >= 15 is 0 Å². The topological polar surface area (TPSA) is 112 Å². The van der Waals surface area contributed by atoms with E-state index in [1.807, 2.05) is 21.4 Å². The summed E-state index contributed by atoms with van der Waals surface area (Å²) < 4.78 is 2.72. The van der Waals surface area contributed by atoms with Crippen LogP contribution in [0.5, 0.6) is 0 Å². The Bertz CT molecular complexity index is 1630. The number of carbonyl (C=O) groups excluding carboxylic acids is 2. The van der Waals surface area contributed by atoms with Crippen molar-refractivity contribution < 1.29 is 9.59 Å². The lowest BCUT2D eigenvalue weighted by Crippen LogP contribution is -2.36. The fourth-order valence-corrected chi connectivity index (χ4v) is 6.89. The van der Waals surface area contributed by atoms with Gasteiger partial charge >= 0.3 is 0 Å². The Labute approximate surface area is 227 Å². The van der Waals surface area contributed by atoms with Crippen LogP contribution in [0.2, 0.25) is 5.02 Å². The van der Waals surface area contributed by atoms with Crippen molar-refractivity contribution in [2.75, 3.05) is 44.2 Å². The molecule has 1 aromatic carbocycles. The minimum absolute atomic E-state index is 0.0188. The molecule has 1 atom stereocenters. The average molecular weight is 554 g/mol. The van der Waals surface area contributed by atoms with E-state index in [0.717, 1.165) is 36.3 Å². The number of hydrogen-bond acceptors (Lipinski definition) is 8. The highest BCUT2D eigenvalue weighted by Gasteiger charge is 2.27. The van der Waals surface area contributed by atoms with Crippen LogP contribution in [0.1, 0.15) is 36.5 Å². The molecule has 3 aromatic heterocycles. The molecule has 0 spiro atoms. The molecule has 0 bridgehead atoms. The van der Waals surface area contributed by atoms with Gasteiger partial charge in [-0.3, -0.25) is 18.8 Å². The Balaban J connectivity index is 1.43. The lowest BCUT2D eigenvalue weighted by atomic mass is 10.2. The zero-order valence-corrected chi connectivity index (χ0v) is 22.6. The van der Waals surface area contributed by atoms with E-state index in [0.29, 0.717) is 41.1 Å². The maximum Gasteiger partial charge on any atom is 0.258 e. The van der Waals surface area contributed by atoms with Gasteiger partial charge in [-0.25, -0.2) is 4.98 Å². The van der Waals surface area contributed by atoms with Gasteiger partial charge in [-0.15, -0.1) is 11.3 Å². The number of pyridine rings is 1. The molecule has 4 aromatic rings. The van der Waals surface area contributed by atoms with Crippen LogP contribution in [0.4, 0.5) is 5.95 Å². The molecule has 38 heavy (non-hydrogen) atoms. The van der Waals surface area contributed by atoms with E-state index in [-0.39, 0.29) is 28.3 Å². The van der Waals surface area contributed by atoms with E-state index in [1.165, 1.54) is 37.3 Å². The number of hydrogen-bond donors (Lipinski definition) is 2. The molecule has 10 nitrogen and oxygen atoms in total. The number of fused-ring (bicyclic) bond motifs is 5. The van der Waals surface area contributed by atoms with Gasteiger partial charge in [-0.1, -0.05) is 11.6 Å². The molecule has 2 aliphatic rings. The molecule has 2 fully saturated rings. The number of nitrogens with one attached hydrogen (secondary N) is 2. The summed E-state index contributed by atoms with van der Waals surface area (Å²) in [6.45, 7) is 6.09. The van der Waals surface area contributed by atoms with Crippen LogP contribution < -0.4 is 21.0 Å². The summed E-state index contributed by atoms with van der Waals surface area (Å²) in [4.78, 5) is 52.8. The van der Waals surface area contributed by atoms with Crippen LogP contribution in [0, 0.1) is 0 Å². The third-order valence-corrected chi connectivity index (χ3v) is 8.61. The minimum Gasteiger partial charge on any atom is -0.352 e. The number of thiazole rings is 1. The van der Waals surface area contributed by atoms with Gasteiger partial charge in [0.1, 0.15) is 10.4 Å². The highest BCUT2D eigenvalue weighted by atomic mass is 35.5. The number of aromatic nitrogens is 3. The molecule has 5 heterocycles. The van der Waals surface area contributed by atoms with Gasteiger partial charge in [-0.2, -0.15) is 4.98 Å². The number of rotatable bonds is 6. The van der Waals surface area contributed by atoms with Crippen LogP contribution in [0.15, 0.2) is 29.2 Å². The number of anilines is 1. The first-order valence-corrected chi connectivity index (χ1v) is 14.0. The smallest absolute Gasteiger partial charge is 0.258 e. The average Bonchev–Trinajstić information content (AvgIpc) is 3.63. The van der Waals surface area contributed by atoms with E-state index in [4.69, 9.17) is 16.6 Å². The minimum atomic E-state index is -0.395. The molecule has 2 aliphatic heterocycles. The maximum atomic E-state index is 13.7. The summed E-state index contributed by atoms with van der Waals surface area (Å²) >= 11 is 7.63. The van der Waals surface area contributed by atoms with E-state index in [2.05, 4.69) is 20.5 Å². The number of amides is 2. The van der Waals surface area contributed by atoms with Gasteiger partial charge in [0.15, 0.2) is 5.65 Å². The zero-order chi connectivity index (χ0) is 26.4. The van der Waals surface area contributed by atoms with Crippen LogP contribution >= 0.6 is 22.9 Å². The molecular formula is C26H28ClN7O3S. The normalized spacial score (nSPS) is 18.2. The monoisotopic (exact) mass is 553 g/mol. The second-order valence-corrected chi connectivity index (χ2v) is 11.4. The highest BCUT2D eigenvalue weighted by molar-refractivity contribution is 7.24. The van der Waals surface area contributed by atoms with Crippen molar-refractivity contribution in [2.45, 2.75) is 32.2 Å². The Hall–Kier alpha value is -3.28. The zero-order valence-electron chi connectivity index (χ0n) is 21.0. The molecule has 2 N–H and O–H groups in total. The summed E-state index contributed by atoms with van der Waals surface area (Å²) in [5, 5.41) is 6.76. The molecule has 2 amide bonds. The second-order valence-electron chi connectivity index (χ2n) is 9.90. The molecule has 2 saturated heterocycles. The maximum absolute atomic E-state index is 13.7. The van der Waals surface area contributed by atoms with E-state index < -0.39 is 5.91 Å². The molecule has 0 saturated carbocycles. The van der Waals surface area contributed by atoms with Crippen molar-refractivity contribution >= 4 is 66.8 Å². The Morgan fingerprint density at radius 1 is 1.21 bits per heavy atom. The highest BCUT2D eigenvalue weighted by Crippen LogP contribution is 2.33. The third-order valence-electron chi connectivity index (χ3n) is 7.24. The standard InChI is InChI=1S/C26H28ClN7O3S/c1-15(35)30-17-6-10-33(14-17)26-29-13-18-22(36)21(24(37)28-7-11-32-8-2-3-9-32)25-34(23(18)31-26)19-5-4-16(27)12-20(19)38-25/h4-5,12-13,17H,2-3,6-11,14H2,1H3,(H,28,37)(H,30,35). The molecule has 1 unspecified atom stereocenters. The van der Waals surface area contributed by atoms with Gasteiger partial charge in [0, 0.05) is 50.4 Å². The predicted molar refractivity (Wildman–Crippen MR) is 150 cm³/mol. The number of halogens is 1. The predicted octanol–water partition coefficient (Wildman–Crippen LogP) is 2.65. The first-order chi connectivity index (χ1) is 18.4. The van der Waals surface area contributed by atoms with Crippen molar-refractivity contribution in [3.8, 4) is 0 Å². The van der Waals surface area contributed by atoms with Crippen molar-refractivity contribution in [3.63, 3.8) is 0 Å². The number of likely N-dealkylation sites (tertiary alicyclic amines) is 1. The number of benzene rings is 1. The van der Waals surface area contributed by atoms with Crippen LogP contribution in [0.3, 0.4) is 0 Å². The van der Waals surface area contributed by atoms with E-state index in [1.54, 1.807) is 6.07 Å². The second kappa shape index (κ2) is 10.1. The first kappa shape index (κ1) is 25.0. The van der Waals surface area contributed by atoms with Gasteiger partial charge < -0.3 is 20.4 Å². The molecular weight excluding hydrogens is 526 g/mol. The summed E-state index contributed by atoms with van der Waals surface area (Å²) in [6.07, 6.45) is 4.65. The fourth-order valence-electron chi connectivity index (χ4n) is 5.43. The largest absolute Gasteiger partial charge is 0.352 e. The molecule has 6 rings (SSSR count). The van der Waals surface area contributed by atoms with Crippen LogP contribution in [-0.2, 0) is 4.79 Å². The molecule has 0 radical (unpaired) electrons. The Kier molecular flexibility index (Phi) is 6.67. The first-order valence-electron chi connectivity index (χ1n) is 12.8. The van der Waals surface area contributed by atoms with Crippen LogP contribution in [0.25, 0.3) is 26.1 Å². The van der Waals surface area contributed by atoms with Crippen molar-refractivity contribution in [1.29, 1.82) is 0 Å². The Morgan fingerprint density at radius 3 is 2.82 bits per heavy atom. The molecule has 198 valence electrons. The summed E-state index contributed by atoms with van der Waals surface area (Å²) in [5.41, 5.74) is 0.966. The number of carbonyl (C=O) groups is 2. The van der Waals surface area contributed by atoms with Crippen molar-refractivity contribution in [2.24, 2.45) is 0 Å². The summed E-state index contributed by atoms with van der Waals surface area (Å²) in [6, 6.07) is 5.52. The quantitative estimate of drug-likeness (QED) is 0.377. The fraction of sp³-hybridized carbons (Fsp3) is 0.423. The van der Waals surface area contributed by atoms with Crippen LogP contribution in [-0.4, -0.2) is 76.4 Å². The van der Waals surface area contributed by atoms with Crippen molar-refractivity contribution in [1.82, 2.24) is 29.9 Å². The SMILES string of the molecule is CC(=O)NC1CCN(c2ncc3c(=O)c(C(=O)NCCN4CCCC4)c4sc5cc(Cl)ccc5n4c3n2)C1. The number of nitrogens with zero attached hydrogens (tertiary/aromatic N) is 5. The van der Waals surface area contributed by atoms with Gasteiger partial charge in [0.2, 0.25) is 17.3 Å². The lowest BCUT2D eigenvalue weighted by molar-refractivity contribution is -0.119. The van der Waals surface area contributed by atoms with E-state index in [9.17, 15) is 14.4 Å². The van der Waals surface area contributed by atoms with Gasteiger partial charge in [0.05, 0.1) is 15.6 Å². The van der Waals surface area contributed by atoms with Crippen molar-refractivity contribution in [3.05, 3.63) is 45.2 Å². The lowest BCUT2D eigenvalue weighted by Gasteiger charge is -2.17. The summed E-state index contributed by atoms with van der Waals surface area (Å²) in [5.74, 6) is 0.0156.